The van der Waals surface area contributed by atoms with Crippen LogP contribution in [0.2, 0.25) is 0 Å². The molecule has 2 aliphatic heterocycles. The number of benzene rings is 1. The molecule has 0 spiro atoms. The highest BCUT2D eigenvalue weighted by molar-refractivity contribution is 5.80. The third-order valence-corrected chi connectivity index (χ3v) is 5.36. The van der Waals surface area contributed by atoms with E-state index in [0.29, 0.717) is 12.5 Å². The molecule has 0 saturated carbocycles. The number of morpholine rings is 1. The topological polar surface area (TPSA) is 42.0 Å². The number of carbonyl (C=O) groups is 1. The van der Waals surface area contributed by atoms with Crippen LogP contribution in [-0.2, 0) is 16.0 Å². The Hall–Kier alpha value is -1.59. The summed E-state index contributed by atoms with van der Waals surface area (Å²) in [6.45, 7) is 5.65. The molecular weight excluding hydrogens is 316 g/mol. The maximum absolute atomic E-state index is 12.9. The quantitative estimate of drug-likeness (QED) is 0.793. The maximum atomic E-state index is 12.9. The molecule has 2 fully saturated rings. The summed E-state index contributed by atoms with van der Waals surface area (Å²) >= 11 is 0. The van der Waals surface area contributed by atoms with E-state index in [0.717, 1.165) is 70.0 Å². The van der Waals surface area contributed by atoms with E-state index in [-0.39, 0.29) is 5.91 Å². The van der Waals surface area contributed by atoms with Crippen molar-refractivity contribution in [2.24, 2.45) is 0 Å². The van der Waals surface area contributed by atoms with Gasteiger partial charge in [-0.3, -0.25) is 9.69 Å². The molecule has 2 saturated heterocycles. The minimum Gasteiger partial charge on any atom is -0.496 e. The van der Waals surface area contributed by atoms with Crippen LogP contribution >= 0.6 is 0 Å². The van der Waals surface area contributed by atoms with Gasteiger partial charge in [0.1, 0.15) is 5.75 Å². The van der Waals surface area contributed by atoms with Gasteiger partial charge < -0.3 is 14.4 Å². The fourth-order valence-corrected chi connectivity index (χ4v) is 3.90. The Labute approximate surface area is 150 Å². The average Bonchev–Trinajstić information content (AvgIpc) is 2.68. The standard InChI is InChI=1S/C20H30N2O3/c1-24-19-8-3-2-6-17(19)16-20(23)22-10-5-4-7-18(22)9-11-21-12-14-25-15-13-21/h2-3,6,8,18H,4-5,7,9-16H2,1H3/t18-/m1/s1. The third-order valence-electron chi connectivity index (χ3n) is 5.36. The van der Waals surface area contributed by atoms with E-state index in [1.807, 2.05) is 24.3 Å². The van der Waals surface area contributed by atoms with Gasteiger partial charge in [-0.25, -0.2) is 0 Å². The predicted molar refractivity (Wildman–Crippen MR) is 97.9 cm³/mol. The molecule has 1 amide bonds. The van der Waals surface area contributed by atoms with E-state index >= 15 is 0 Å². The van der Waals surface area contributed by atoms with Crippen LogP contribution in [0.3, 0.4) is 0 Å². The number of para-hydroxylation sites is 1. The zero-order chi connectivity index (χ0) is 17.5. The van der Waals surface area contributed by atoms with E-state index in [1.165, 1.54) is 6.42 Å². The highest BCUT2D eigenvalue weighted by Crippen LogP contribution is 2.24. The molecule has 0 N–H and O–H groups in total. The first-order valence-corrected chi connectivity index (χ1v) is 9.49. The molecule has 0 radical (unpaired) electrons. The number of hydrogen-bond donors (Lipinski definition) is 0. The lowest BCUT2D eigenvalue weighted by Gasteiger charge is -2.37. The van der Waals surface area contributed by atoms with Gasteiger partial charge >= 0.3 is 0 Å². The van der Waals surface area contributed by atoms with Gasteiger partial charge in [0.05, 0.1) is 26.7 Å². The second-order valence-electron chi connectivity index (χ2n) is 6.97. The molecule has 1 aromatic carbocycles. The van der Waals surface area contributed by atoms with Crippen LogP contribution in [0.5, 0.6) is 5.75 Å². The van der Waals surface area contributed by atoms with Gasteiger partial charge in [-0.05, 0) is 31.7 Å². The van der Waals surface area contributed by atoms with E-state index in [9.17, 15) is 4.79 Å². The van der Waals surface area contributed by atoms with Crippen LogP contribution in [0.4, 0.5) is 0 Å². The van der Waals surface area contributed by atoms with E-state index in [4.69, 9.17) is 9.47 Å². The zero-order valence-electron chi connectivity index (χ0n) is 15.3. The predicted octanol–water partition coefficient (Wildman–Crippen LogP) is 2.34. The van der Waals surface area contributed by atoms with E-state index < -0.39 is 0 Å². The smallest absolute Gasteiger partial charge is 0.227 e. The number of nitrogens with zero attached hydrogens (tertiary/aromatic N) is 2. The van der Waals surface area contributed by atoms with Crippen molar-refractivity contribution >= 4 is 5.91 Å². The number of hydrogen-bond acceptors (Lipinski definition) is 4. The van der Waals surface area contributed by atoms with Crippen LogP contribution < -0.4 is 4.74 Å². The summed E-state index contributed by atoms with van der Waals surface area (Å²) in [7, 11) is 1.66. The van der Waals surface area contributed by atoms with Crippen molar-refractivity contribution in [1.29, 1.82) is 0 Å². The van der Waals surface area contributed by atoms with E-state index in [2.05, 4.69) is 9.80 Å². The van der Waals surface area contributed by atoms with Gasteiger partial charge in [-0.15, -0.1) is 0 Å². The number of methoxy groups -OCH3 is 1. The largest absolute Gasteiger partial charge is 0.496 e. The van der Waals surface area contributed by atoms with Gasteiger partial charge in [-0.1, -0.05) is 18.2 Å². The highest BCUT2D eigenvalue weighted by Gasteiger charge is 2.27. The molecule has 0 bridgehead atoms. The average molecular weight is 346 g/mol. The highest BCUT2D eigenvalue weighted by atomic mass is 16.5. The molecule has 0 aromatic heterocycles. The van der Waals surface area contributed by atoms with Crippen molar-refractivity contribution in [2.75, 3.05) is 46.5 Å². The molecule has 0 aliphatic carbocycles. The van der Waals surface area contributed by atoms with Crippen LogP contribution in [0, 0.1) is 0 Å². The monoisotopic (exact) mass is 346 g/mol. The minimum atomic E-state index is 0.233. The molecule has 5 heteroatoms. The van der Waals surface area contributed by atoms with Gasteiger partial charge in [0, 0.05) is 37.8 Å². The molecule has 3 rings (SSSR count). The van der Waals surface area contributed by atoms with Crippen LogP contribution in [0.15, 0.2) is 24.3 Å². The number of carbonyl (C=O) groups excluding carboxylic acids is 1. The number of ether oxygens (including phenoxy) is 2. The van der Waals surface area contributed by atoms with Crippen LogP contribution in [0.25, 0.3) is 0 Å². The van der Waals surface area contributed by atoms with Crippen molar-refractivity contribution in [3.8, 4) is 5.75 Å². The molecule has 0 unspecified atom stereocenters. The third kappa shape index (κ3) is 4.95. The van der Waals surface area contributed by atoms with Gasteiger partial charge in [0.25, 0.3) is 0 Å². The fourth-order valence-electron chi connectivity index (χ4n) is 3.90. The van der Waals surface area contributed by atoms with Crippen molar-refractivity contribution in [2.45, 2.75) is 38.1 Å². The first kappa shape index (κ1) is 18.2. The summed E-state index contributed by atoms with van der Waals surface area (Å²) in [5.74, 6) is 1.04. The summed E-state index contributed by atoms with van der Waals surface area (Å²) in [4.78, 5) is 17.5. The van der Waals surface area contributed by atoms with Gasteiger partial charge in [0.15, 0.2) is 0 Å². The second kappa shape index (κ2) is 9.20. The molecule has 1 aromatic rings. The van der Waals surface area contributed by atoms with E-state index in [1.54, 1.807) is 7.11 Å². The molecule has 1 atom stereocenters. The summed E-state index contributed by atoms with van der Waals surface area (Å²) in [5, 5.41) is 0. The first-order chi connectivity index (χ1) is 12.3. The summed E-state index contributed by atoms with van der Waals surface area (Å²) < 4.78 is 10.8. The van der Waals surface area contributed by atoms with Crippen molar-refractivity contribution in [3.63, 3.8) is 0 Å². The van der Waals surface area contributed by atoms with Crippen LogP contribution in [-0.4, -0.2) is 68.3 Å². The zero-order valence-corrected chi connectivity index (χ0v) is 15.3. The number of likely N-dealkylation sites (tertiary alicyclic amines) is 1. The molecular formula is C20H30N2O3. The Bertz CT molecular complexity index is 558. The minimum absolute atomic E-state index is 0.233. The SMILES string of the molecule is COc1ccccc1CC(=O)N1CCCC[C@@H]1CCN1CCOCC1. The summed E-state index contributed by atoms with van der Waals surface area (Å²) in [5.41, 5.74) is 0.979. The molecule has 2 aliphatic rings. The lowest BCUT2D eigenvalue weighted by molar-refractivity contribution is -0.134. The number of amides is 1. The Morgan fingerprint density at radius 1 is 1.20 bits per heavy atom. The molecule has 5 nitrogen and oxygen atoms in total. The first-order valence-electron chi connectivity index (χ1n) is 9.49. The Morgan fingerprint density at radius 3 is 2.80 bits per heavy atom. The second-order valence-corrected chi connectivity index (χ2v) is 6.97. The Balaban J connectivity index is 1.58. The summed E-state index contributed by atoms with van der Waals surface area (Å²) in [6, 6.07) is 8.20. The summed E-state index contributed by atoms with van der Waals surface area (Å²) in [6.07, 6.45) is 4.97. The van der Waals surface area contributed by atoms with Crippen molar-refractivity contribution in [3.05, 3.63) is 29.8 Å². The fraction of sp³-hybridized carbons (Fsp3) is 0.650. The Kier molecular flexibility index (Phi) is 6.70. The molecule has 2 heterocycles. The van der Waals surface area contributed by atoms with Gasteiger partial charge in [-0.2, -0.15) is 0 Å². The molecule has 138 valence electrons. The normalized spacial score (nSPS) is 22.0. The lowest BCUT2D eigenvalue weighted by atomic mass is 9.97. The van der Waals surface area contributed by atoms with Gasteiger partial charge in [0.2, 0.25) is 5.91 Å². The lowest BCUT2D eigenvalue weighted by Crippen LogP contribution is -2.46. The van der Waals surface area contributed by atoms with Crippen molar-refractivity contribution in [1.82, 2.24) is 9.80 Å². The molecule has 25 heavy (non-hydrogen) atoms. The number of piperidine rings is 1. The number of rotatable bonds is 6. The van der Waals surface area contributed by atoms with Crippen LogP contribution in [0.1, 0.15) is 31.2 Å². The van der Waals surface area contributed by atoms with Crippen molar-refractivity contribution < 1.29 is 14.3 Å². The Morgan fingerprint density at radius 2 is 2.00 bits per heavy atom. The maximum Gasteiger partial charge on any atom is 0.227 e.